The average molecular weight is 603 g/mol. The quantitative estimate of drug-likeness (QED) is 0.406. The molecular formula is C26H25ClF6N6O2. The fourth-order valence-electron chi connectivity index (χ4n) is 5.44. The first-order chi connectivity index (χ1) is 19.2. The van der Waals surface area contributed by atoms with E-state index < -0.39 is 71.8 Å². The number of hydrogen-bond donors (Lipinski definition) is 2. The van der Waals surface area contributed by atoms with Crippen LogP contribution in [0.3, 0.4) is 0 Å². The second-order valence-corrected chi connectivity index (χ2v) is 10.8. The molecule has 220 valence electrons. The molecule has 1 aromatic carbocycles. The number of rotatable bonds is 4. The number of carbonyl (C=O) groups is 2. The number of aromatic nitrogens is 3. The summed E-state index contributed by atoms with van der Waals surface area (Å²) in [6, 6.07) is 2.47. The number of alkyl halides is 6. The number of nitrogens with two attached hydrogens (primary N) is 1. The average Bonchev–Trinajstić information content (AvgIpc) is 3.47. The second-order valence-electron chi connectivity index (χ2n) is 10.5. The Morgan fingerprint density at radius 1 is 1.15 bits per heavy atom. The van der Waals surface area contributed by atoms with Crippen LogP contribution in [-0.2, 0) is 11.0 Å². The Bertz CT molecular complexity index is 1520. The maximum atomic E-state index is 14.9. The lowest BCUT2D eigenvalue weighted by atomic mass is 9.86. The van der Waals surface area contributed by atoms with Crippen molar-refractivity contribution >= 4 is 34.7 Å². The van der Waals surface area contributed by atoms with Crippen molar-refractivity contribution in [2.45, 2.75) is 56.9 Å². The van der Waals surface area contributed by atoms with E-state index in [9.17, 15) is 35.9 Å². The molecule has 15 heteroatoms. The van der Waals surface area contributed by atoms with E-state index in [1.807, 2.05) is 0 Å². The van der Waals surface area contributed by atoms with E-state index in [1.54, 1.807) is 6.92 Å². The number of aryl methyl sites for hydroxylation is 1. The molecule has 5 rings (SSSR count). The molecule has 1 saturated carbocycles. The number of hydrogen-bond acceptors (Lipinski definition) is 5. The minimum atomic E-state index is -4.77. The van der Waals surface area contributed by atoms with E-state index in [0.29, 0.717) is 5.56 Å². The van der Waals surface area contributed by atoms with Gasteiger partial charge in [-0.15, -0.1) is 0 Å². The number of carbonyl (C=O) groups excluding carboxylic acids is 2. The molecule has 0 bridgehead atoms. The predicted octanol–water partition coefficient (Wildman–Crippen LogP) is 5.06. The van der Waals surface area contributed by atoms with E-state index in [4.69, 9.17) is 17.3 Å². The third-order valence-electron chi connectivity index (χ3n) is 7.63. The van der Waals surface area contributed by atoms with Crippen LogP contribution in [0, 0.1) is 12.8 Å². The van der Waals surface area contributed by atoms with Gasteiger partial charge >= 0.3 is 6.18 Å². The molecule has 3 aromatic rings. The lowest BCUT2D eigenvalue weighted by molar-refractivity contribution is -0.139. The van der Waals surface area contributed by atoms with Crippen LogP contribution in [-0.4, -0.2) is 62.5 Å². The molecule has 3 heterocycles. The minimum absolute atomic E-state index is 0.000961. The van der Waals surface area contributed by atoms with E-state index in [-0.39, 0.29) is 47.8 Å². The van der Waals surface area contributed by atoms with Gasteiger partial charge in [0.25, 0.3) is 5.91 Å². The summed E-state index contributed by atoms with van der Waals surface area (Å²) < 4.78 is 84.2. The summed E-state index contributed by atoms with van der Waals surface area (Å²) in [6.07, 6.45) is -6.23. The van der Waals surface area contributed by atoms with Crippen LogP contribution in [0.4, 0.5) is 32.2 Å². The van der Waals surface area contributed by atoms with Gasteiger partial charge in [-0.25, -0.2) is 22.7 Å². The zero-order valence-electron chi connectivity index (χ0n) is 21.6. The van der Waals surface area contributed by atoms with Crippen LogP contribution in [0.5, 0.6) is 0 Å². The lowest BCUT2D eigenvalue weighted by Gasteiger charge is -2.30. The summed E-state index contributed by atoms with van der Waals surface area (Å²) in [6.45, 7) is 1.08. The molecule has 8 nitrogen and oxygen atoms in total. The van der Waals surface area contributed by atoms with Crippen LogP contribution in [0.2, 0.25) is 5.02 Å². The van der Waals surface area contributed by atoms with Gasteiger partial charge in [0.15, 0.2) is 5.82 Å². The van der Waals surface area contributed by atoms with Gasteiger partial charge in [0.05, 0.1) is 34.4 Å². The van der Waals surface area contributed by atoms with Crippen molar-refractivity contribution < 1.29 is 35.9 Å². The van der Waals surface area contributed by atoms with Gasteiger partial charge in [-0.1, -0.05) is 11.6 Å². The number of nitrogen functional groups attached to an aromatic ring is 1. The van der Waals surface area contributed by atoms with Crippen molar-refractivity contribution in [1.29, 1.82) is 0 Å². The van der Waals surface area contributed by atoms with Crippen LogP contribution in [0.1, 0.15) is 47.2 Å². The van der Waals surface area contributed by atoms with Crippen LogP contribution >= 0.6 is 11.6 Å². The Hall–Kier alpha value is -3.55. The maximum absolute atomic E-state index is 14.9. The summed E-state index contributed by atoms with van der Waals surface area (Å²) in [7, 11) is 0. The first kappa shape index (κ1) is 29.0. The summed E-state index contributed by atoms with van der Waals surface area (Å²) >= 11 is 6.38. The highest BCUT2D eigenvalue weighted by Crippen LogP contribution is 2.40. The van der Waals surface area contributed by atoms with E-state index in [1.165, 1.54) is 17.0 Å². The van der Waals surface area contributed by atoms with Crippen LogP contribution in [0.15, 0.2) is 24.5 Å². The number of fused-ring (bicyclic) bond motifs is 1. The molecule has 2 amide bonds. The first-order valence-electron chi connectivity index (χ1n) is 12.8. The molecule has 1 saturated heterocycles. The molecule has 0 unspecified atom stereocenters. The highest BCUT2D eigenvalue weighted by molar-refractivity contribution is 6.34. The van der Waals surface area contributed by atoms with Crippen molar-refractivity contribution in [3.05, 3.63) is 46.2 Å². The molecule has 1 aliphatic carbocycles. The standard InChI is InChI=1S/C26H25ClF6N6O2/c1-12-6-14(19-8-16(26(31,32)33)21-22(34)35-11-36-39(19)21)7-15(20(12)27)23(40)37-18-10-38(9-17(18)28)24(41)13-2-4-25(29,30)5-3-13/h6-8,11,13,17-18H,2-5,9-10H2,1H3,(H,37,40)(H2,34,35,36)/t17-,18+/m0/s1. The largest absolute Gasteiger partial charge is 0.418 e. The molecule has 2 aliphatic rings. The maximum Gasteiger partial charge on any atom is 0.418 e. The molecular weight excluding hydrogens is 578 g/mol. The van der Waals surface area contributed by atoms with E-state index in [2.05, 4.69) is 15.4 Å². The zero-order valence-corrected chi connectivity index (χ0v) is 22.4. The van der Waals surface area contributed by atoms with Crippen LogP contribution < -0.4 is 11.1 Å². The van der Waals surface area contributed by atoms with Gasteiger partial charge in [-0.2, -0.15) is 18.3 Å². The van der Waals surface area contributed by atoms with Crippen molar-refractivity contribution in [2.75, 3.05) is 18.8 Å². The second kappa shape index (κ2) is 10.4. The minimum Gasteiger partial charge on any atom is -0.382 e. The summed E-state index contributed by atoms with van der Waals surface area (Å²) in [5, 5.41) is 6.43. The molecule has 0 spiro atoms. The molecule has 2 atom stereocenters. The highest BCUT2D eigenvalue weighted by Gasteiger charge is 2.43. The Kier molecular flexibility index (Phi) is 7.33. The van der Waals surface area contributed by atoms with Gasteiger partial charge in [-0.05, 0) is 43.5 Å². The summed E-state index contributed by atoms with van der Waals surface area (Å²) in [5.74, 6) is -5.07. The van der Waals surface area contributed by atoms with Gasteiger partial charge in [0, 0.05) is 30.9 Å². The number of amides is 2. The predicted molar refractivity (Wildman–Crippen MR) is 137 cm³/mol. The Morgan fingerprint density at radius 2 is 1.83 bits per heavy atom. The molecule has 2 aromatic heterocycles. The molecule has 2 fully saturated rings. The normalized spacial score (nSPS) is 21.4. The molecule has 3 N–H and O–H groups in total. The number of halogens is 7. The van der Waals surface area contributed by atoms with Crippen molar-refractivity contribution in [3.63, 3.8) is 0 Å². The van der Waals surface area contributed by atoms with E-state index >= 15 is 0 Å². The monoisotopic (exact) mass is 602 g/mol. The third-order valence-corrected chi connectivity index (χ3v) is 8.13. The summed E-state index contributed by atoms with van der Waals surface area (Å²) in [5.41, 5.74) is 4.56. The first-order valence-corrected chi connectivity index (χ1v) is 13.2. The van der Waals surface area contributed by atoms with E-state index in [0.717, 1.165) is 16.9 Å². The molecule has 1 aliphatic heterocycles. The Labute approximate surface area is 234 Å². The van der Waals surface area contributed by atoms with Crippen molar-refractivity contribution in [3.8, 4) is 11.3 Å². The topological polar surface area (TPSA) is 106 Å². The Balaban J connectivity index is 1.39. The number of nitrogens with zero attached hydrogens (tertiary/aromatic N) is 4. The summed E-state index contributed by atoms with van der Waals surface area (Å²) in [4.78, 5) is 31.0. The Morgan fingerprint density at radius 3 is 2.49 bits per heavy atom. The third kappa shape index (κ3) is 5.53. The number of benzene rings is 1. The zero-order chi connectivity index (χ0) is 29.9. The van der Waals surface area contributed by atoms with Gasteiger partial charge < -0.3 is 16.0 Å². The molecule has 0 radical (unpaired) electrons. The van der Waals surface area contributed by atoms with Gasteiger partial charge in [-0.3, -0.25) is 9.59 Å². The fourth-order valence-corrected chi connectivity index (χ4v) is 5.64. The highest BCUT2D eigenvalue weighted by atomic mass is 35.5. The van der Waals surface area contributed by atoms with Crippen molar-refractivity contribution in [2.24, 2.45) is 5.92 Å². The SMILES string of the molecule is Cc1cc(-c2cc(C(F)(F)F)c3c(N)ncnn23)cc(C(=O)N[C@@H]2CN(C(=O)C3CCC(F)(F)CC3)C[C@@H]2F)c1Cl. The lowest BCUT2D eigenvalue weighted by Crippen LogP contribution is -2.43. The van der Waals surface area contributed by atoms with Gasteiger partial charge in [0.2, 0.25) is 11.8 Å². The van der Waals surface area contributed by atoms with Crippen LogP contribution in [0.25, 0.3) is 16.8 Å². The number of likely N-dealkylation sites (tertiary alicyclic amines) is 1. The fraction of sp³-hybridized carbons (Fsp3) is 0.462. The van der Waals surface area contributed by atoms with Crippen molar-refractivity contribution in [1.82, 2.24) is 24.8 Å². The number of anilines is 1. The van der Waals surface area contributed by atoms with Gasteiger partial charge in [0.1, 0.15) is 18.0 Å². The number of nitrogens with one attached hydrogen (secondary N) is 1. The molecule has 41 heavy (non-hydrogen) atoms. The smallest absolute Gasteiger partial charge is 0.382 e.